The number of unbranched alkanes of at least 4 members (excludes halogenated alkanes) is 1. The summed E-state index contributed by atoms with van der Waals surface area (Å²) in [5, 5.41) is 0. The second kappa shape index (κ2) is 8.20. The monoisotopic (exact) mass is 286 g/mol. The summed E-state index contributed by atoms with van der Waals surface area (Å²) in [7, 11) is 0. The molecule has 0 spiro atoms. The van der Waals surface area contributed by atoms with Crippen LogP contribution in [0.4, 0.5) is 8.78 Å². The van der Waals surface area contributed by atoms with E-state index in [-0.39, 0.29) is 23.9 Å². The lowest BCUT2D eigenvalue weighted by molar-refractivity contribution is -0.0458. The van der Waals surface area contributed by atoms with Crippen LogP contribution in [0.15, 0.2) is 18.2 Å². The molecule has 114 valence electrons. The molecule has 2 nitrogen and oxygen atoms in total. The van der Waals surface area contributed by atoms with Crippen molar-refractivity contribution in [1.82, 2.24) is 0 Å². The zero-order chi connectivity index (χ0) is 15.1. The molecular weight excluding hydrogens is 262 g/mol. The van der Waals surface area contributed by atoms with Gasteiger partial charge >= 0.3 is 0 Å². The number of hydrogen-bond donors (Lipinski definition) is 0. The summed E-state index contributed by atoms with van der Waals surface area (Å²) in [5.74, 6) is -0.982. The second-order valence-electron chi connectivity index (χ2n) is 5.33. The Morgan fingerprint density at radius 2 is 1.85 bits per heavy atom. The molecule has 0 heterocycles. The van der Waals surface area contributed by atoms with Crippen molar-refractivity contribution < 1.29 is 18.3 Å². The smallest absolute Gasteiger partial charge is 0.167 e. The van der Waals surface area contributed by atoms with Crippen LogP contribution in [0.5, 0.6) is 5.75 Å². The van der Waals surface area contributed by atoms with Crippen LogP contribution in [0.3, 0.4) is 0 Å². The van der Waals surface area contributed by atoms with Gasteiger partial charge in [-0.15, -0.1) is 0 Å². The van der Waals surface area contributed by atoms with Crippen molar-refractivity contribution in [2.75, 3.05) is 6.61 Å². The van der Waals surface area contributed by atoms with Crippen LogP contribution in [0.1, 0.15) is 40.5 Å². The maximum atomic E-state index is 13.6. The van der Waals surface area contributed by atoms with E-state index in [1.54, 1.807) is 0 Å². The number of benzene rings is 1. The first kappa shape index (κ1) is 16.9. The van der Waals surface area contributed by atoms with Gasteiger partial charge in [-0.3, -0.25) is 0 Å². The maximum absolute atomic E-state index is 13.6. The number of hydrogen-bond acceptors (Lipinski definition) is 2. The lowest BCUT2D eigenvalue weighted by Crippen LogP contribution is -2.36. The summed E-state index contributed by atoms with van der Waals surface area (Å²) in [6, 6.07) is 3.32. The largest absolute Gasteiger partial charge is 0.485 e. The third-order valence-corrected chi connectivity index (χ3v) is 3.13. The number of halogens is 2. The van der Waals surface area contributed by atoms with Crippen LogP contribution in [-0.2, 0) is 4.74 Å². The van der Waals surface area contributed by atoms with E-state index in [0.717, 1.165) is 18.9 Å². The van der Waals surface area contributed by atoms with E-state index in [1.807, 2.05) is 20.8 Å². The minimum absolute atomic E-state index is 0.0589. The molecule has 0 fully saturated rings. The van der Waals surface area contributed by atoms with Gasteiger partial charge in [0.05, 0.1) is 6.10 Å². The average molecular weight is 286 g/mol. The Bertz CT molecular complexity index is 407. The molecule has 1 aromatic carbocycles. The molecule has 0 radical (unpaired) electrons. The van der Waals surface area contributed by atoms with E-state index in [9.17, 15) is 8.78 Å². The van der Waals surface area contributed by atoms with Crippen molar-refractivity contribution >= 4 is 0 Å². The third-order valence-electron chi connectivity index (χ3n) is 3.13. The van der Waals surface area contributed by atoms with Crippen LogP contribution < -0.4 is 4.74 Å². The summed E-state index contributed by atoms with van der Waals surface area (Å²) in [5.41, 5.74) is 0. The lowest BCUT2D eigenvalue weighted by Gasteiger charge is -2.28. The molecule has 0 bridgehead atoms. The highest BCUT2D eigenvalue weighted by atomic mass is 19.1. The molecule has 0 saturated carbocycles. The van der Waals surface area contributed by atoms with Gasteiger partial charge in [0.1, 0.15) is 11.9 Å². The molecule has 0 saturated heterocycles. The SMILES string of the molecule is CCCCO[C@H](C(C)C)[C@H](C)Oc1ccc(F)cc1F. The molecule has 0 aliphatic rings. The lowest BCUT2D eigenvalue weighted by atomic mass is 10.0. The van der Waals surface area contributed by atoms with Crippen molar-refractivity contribution in [3.8, 4) is 5.75 Å². The van der Waals surface area contributed by atoms with Crippen LogP contribution >= 0.6 is 0 Å². The molecule has 4 heteroatoms. The standard InChI is InChI=1S/C16H24F2O2/c1-5-6-9-19-16(11(2)3)12(4)20-15-8-7-13(17)10-14(15)18/h7-8,10-12,16H,5-6,9H2,1-4H3/t12-,16+/m0/s1. The summed E-state index contributed by atoms with van der Waals surface area (Å²) in [6.07, 6.45) is 1.63. The van der Waals surface area contributed by atoms with Crippen molar-refractivity contribution in [3.05, 3.63) is 29.8 Å². The first-order chi connectivity index (χ1) is 9.45. The molecule has 1 rings (SSSR count). The average Bonchev–Trinajstić information content (AvgIpc) is 2.37. The molecule has 0 aliphatic heterocycles. The maximum Gasteiger partial charge on any atom is 0.167 e. The van der Waals surface area contributed by atoms with Gasteiger partial charge in [-0.05, 0) is 31.4 Å². The molecule has 0 amide bonds. The van der Waals surface area contributed by atoms with E-state index < -0.39 is 11.6 Å². The Balaban J connectivity index is 2.67. The van der Waals surface area contributed by atoms with Crippen LogP contribution in [0.2, 0.25) is 0 Å². The molecule has 0 unspecified atom stereocenters. The fourth-order valence-corrected chi connectivity index (χ4v) is 2.07. The van der Waals surface area contributed by atoms with Gasteiger partial charge in [-0.2, -0.15) is 0 Å². The zero-order valence-electron chi connectivity index (χ0n) is 12.7. The van der Waals surface area contributed by atoms with Gasteiger partial charge in [0, 0.05) is 12.7 Å². The van der Waals surface area contributed by atoms with Gasteiger partial charge in [0.2, 0.25) is 0 Å². The van der Waals surface area contributed by atoms with Gasteiger partial charge < -0.3 is 9.47 Å². The Morgan fingerprint density at radius 3 is 2.40 bits per heavy atom. The van der Waals surface area contributed by atoms with E-state index in [4.69, 9.17) is 9.47 Å². The van der Waals surface area contributed by atoms with Crippen molar-refractivity contribution in [3.63, 3.8) is 0 Å². The zero-order valence-corrected chi connectivity index (χ0v) is 12.7. The normalized spacial score (nSPS) is 14.3. The summed E-state index contributed by atoms with van der Waals surface area (Å²) in [4.78, 5) is 0. The van der Waals surface area contributed by atoms with Crippen LogP contribution in [-0.4, -0.2) is 18.8 Å². The van der Waals surface area contributed by atoms with E-state index in [0.29, 0.717) is 6.61 Å². The minimum atomic E-state index is -0.687. The predicted octanol–water partition coefficient (Wildman–Crippen LogP) is 4.57. The topological polar surface area (TPSA) is 18.5 Å². The molecule has 0 aromatic heterocycles. The summed E-state index contributed by atoms with van der Waals surface area (Å²) < 4.78 is 37.8. The Kier molecular flexibility index (Phi) is 6.93. The quantitative estimate of drug-likeness (QED) is 0.652. The van der Waals surface area contributed by atoms with Gasteiger partial charge in [-0.25, -0.2) is 8.78 Å². The fraction of sp³-hybridized carbons (Fsp3) is 0.625. The first-order valence-corrected chi connectivity index (χ1v) is 7.19. The number of rotatable bonds is 8. The summed E-state index contributed by atoms with van der Waals surface area (Å²) in [6.45, 7) is 8.69. The fourth-order valence-electron chi connectivity index (χ4n) is 2.07. The molecule has 0 N–H and O–H groups in total. The van der Waals surface area contributed by atoms with E-state index >= 15 is 0 Å². The molecule has 2 atom stereocenters. The predicted molar refractivity (Wildman–Crippen MR) is 75.9 cm³/mol. The first-order valence-electron chi connectivity index (χ1n) is 7.19. The molecule has 1 aromatic rings. The number of ether oxygens (including phenoxy) is 2. The molecule has 0 aliphatic carbocycles. The molecule has 20 heavy (non-hydrogen) atoms. The van der Waals surface area contributed by atoms with Crippen molar-refractivity contribution in [2.45, 2.75) is 52.7 Å². The van der Waals surface area contributed by atoms with Gasteiger partial charge in [-0.1, -0.05) is 27.2 Å². The van der Waals surface area contributed by atoms with Gasteiger partial charge in [0.25, 0.3) is 0 Å². The Labute approximate surface area is 120 Å². The van der Waals surface area contributed by atoms with Crippen LogP contribution in [0, 0.1) is 17.6 Å². The Hall–Kier alpha value is -1.16. The second-order valence-corrected chi connectivity index (χ2v) is 5.33. The van der Waals surface area contributed by atoms with Gasteiger partial charge in [0.15, 0.2) is 11.6 Å². The molecular formula is C16H24F2O2. The van der Waals surface area contributed by atoms with Crippen LogP contribution in [0.25, 0.3) is 0 Å². The van der Waals surface area contributed by atoms with Crippen molar-refractivity contribution in [1.29, 1.82) is 0 Å². The highest BCUT2D eigenvalue weighted by Crippen LogP contribution is 2.22. The Morgan fingerprint density at radius 1 is 1.15 bits per heavy atom. The highest BCUT2D eigenvalue weighted by Gasteiger charge is 2.24. The highest BCUT2D eigenvalue weighted by molar-refractivity contribution is 5.25. The van der Waals surface area contributed by atoms with E-state index in [2.05, 4.69) is 6.92 Å². The minimum Gasteiger partial charge on any atom is -0.485 e. The third kappa shape index (κ3) is 5.08. The van der Waals surface area contributed by atoms with E-state index in [1.165, 1.54) is 12.1 Å². The van der Waals surface area contributed by atoms with Crippen molar-refractivity contribution in [2.24, 2.45) is 5.92 Å². The summed E-state index contributed by atoms with van der Waals surface area (Å²) >= 11 is 0.